The van der Waals surface area contributed by atoms with Gasteiger partial charge in [0.25, 0.3) is 5.91 Å². The number of carbonyl (C=O) groups excluding carboxylic acids is 1. The molecule has 8 heteroatoms. The molecule has 0 N–H and O–H groups in total. The molecule has 0 unspecified atom stereocenters. The van der Waals surface area contributed by atoms with Gasteiger partial charge in [0.05, 0.1) is 4.90 Å². The van der Waals surface area contributed by atoms with Crippen molar-refractivity contribution >= 4 is 27.3 Å². The lowest BCUT2D eigenvalue weighted by molar-refractivity contribution is 0.0997. The van der Waals surface area contributed by atoms with Gasteiger partial charge in [0, 0.05) is 37.8 Å². The second-order valence-electron chi connectivity index (χ2n) is 6.03. The van der Waals surface area contributed by atoms with Crippen molar-refractivity contribution in [2.24, 2.45) is 4.99 Å². The van der Waals surface area contributed by atoms with Gasteiger partial charge in [-0.25, -0.2) is 12.7 Å². The molecular weight excluding hydrogens is 382 g/mol. The van der Waals surface area contributed by atoms with E-state index in [0.717, 1.165) is 9.87 Å². The number of hydrogen-bond acceptors (Lipinski definition) is 4. The van der Waals surface area contributed by atoms with E-state index in [2.05, 4.69) is 4.99 Å². The topological polar surface area (TPSA) is 71.7 Å². The third kappa shape index (κ3) is 4.41. The SMILES string of the molecule is CN(C)S(=O)(=O)c1ccc(C(=O)N=c2sccn2Cc2ccccc2)cc1. The van der Waals surface area contributed by atoms with E-state index < -0.39 is 15.9 Å². The van der Waals surface area contributed by atoms with Gasteiger partial charge in [-0.2, -0.15) is 4.99 Å². The third-order valence-corrected chi connectivity index (χ3v) is 6.56. The number of benzene rings is 2. The van der Waals surface area contributed by atoms with Crippen LogP contribution in [0.15, 0.2) is 76.1 Å². The Bertz CT molecular complexity index is 1100. The summed E-state index contributed by atoms with van der Waals surface area (Å²) in [4.78, 5) is 17.4. The molecule has 0 spiro atoms. The molecule has 140 valence electrons. The molecule has 1 heterocycles. The maximum absolute atomic E-state index is 12.5. The number of hydrogen-bond donors (Lipinski definition) is 0. The van der Waals surface area contributed by atoms with Gasteiger partial charge in [0.2, 0.25) is 10.0 Å². The highest BCUT2D eigenvalue weighted by molar-refractivity contribution is 7.89. The molecule has 0 saturated carbocycles. The summed E-state index contributed by atoms with van der Waals surface area (Å²) in [5, 5.41) is 1.88. The molecule has 1 aromatic heterocycles. The van der Waals surface area contributed by atoms with Gasteiger partial charge >= 0.3 is 0 Å². The van der Waals surface area contributed by atoms with Gasteiger partial charge in [-0.05, 0) is 29.8 Å². The Morgan fingerprint density at radius 2 is 1.74 bits per heavy atom. The highest BCUT2D eigenvalue weighted by Crippen LogP contribution is 2.14. The van der Waals surface area contributed by atoms with Crippen LogP contribution in [0.2, 0.25) is 0 Å². The Morgan fingerprint density at radius 1 is 1.07 bits per heavy atom. The molecule has 0 radical (unpaired) electrons. The first-order valence-corrected chi connectivity index (χ1v) is 10.5. The summed E-state index contributed by atoms with van der Waals surface area (Å²) >= 11 is 1.38. The summed E-state index contributed by atoms with van der Waals surface area (Å²) < 4.78 is 27.2. The van der Waals surface area contributed by atoms with E-state index in [9.17, 15) is 13.2 Å². The van der Waals surface area contributed by atoms with E-state index in [0.29, 0.717) is 16.9 Å². The summed E-state index contributed by atoms with van der Waals surface area (Å²) in [6.07, 6.45) is 1.89. The normalized spacial score (nSPS) is 12.5. The molecular formula is C19H19N3O3S2. The van der Waals surface area contributed by atoms with Crippen molar-refractivity contribution in [1.82, 2.24) is 8.87 Å². The zero-order valence-electron chi connectivity index (χ0n) is 14.9. The maximum Gasteiger partial charge on any atom is 0.279 e. The van der Waals surface area contributed by atoms with Crippen LogP contribution in [0.5, 0.6) is 0 Å². The van der Waals surface area contributed by atoms with Crippen molar-refractivity contribution in [3.8, 4) is 0 Å². The van der Waals surface area contributed by atoms with Gasteiger partial charge in [-0.1, -0.05) is 30.3 Å². The minimum atomic E-state index is -3.52. The summed E-state index contributed by atoms with van der Waals surface area (Å²) in [5.41, 5.74) is 1.45. The van der Waals surface area contributed by atoms with Gasteiger partial charge in [-0.3, -0.25) is 4.79 Å². The molecule has 0 saturated heterocycles. The molecule has 2 aromatic carbocycles. The van der Waals surface area contributed by atoms with E-state index in [1.54, 1.807) is 0 Å². The number of thiazole rings is 1. The highest BCUT2D eigenvalue weighted by atomic mass is 32.2. The fraction of sp³-hybridized carbons (Fsp3) is 0.158. The molecule has 3 aromatic rings. The molecule has 0 bridgehead atoms. The first kappa shape index (κ1) is 19.2. The Balaban J connectivity index is 1.85. The Morgan fingerprint density at radius 3 is 2.37 bits per heavy atom. The molecule has 1 amide bonds. The predicted molar refractivity (Wildman–Crippen MR) is 105 cm³/mol. The van der Waals surface area contributed by atoms with Crippen LogP contribution in [-0.4, -0.2) is 37.3 Å². The predicted octanol–water partition coefficient (Wildman–Crippen LogP) is 2.59. The fourth-order valence-corrected chi connectivity index (χ4v) is 4.05. The lowest BCUT2D eigenvalue weighted by Gasteiger charge is -2.11. The maximum atomic E-state index is 12.5. The number of aromatic nitrogens is 1. The minimum Gasteiger partial charge on any atom is -0.319 e. The Hall–Kier alpha value is -2.55. The lowest BCUT2D eigenvalue weighted by atomic mass is 10.2. The van der Waals surface area contributed by atoms with Crippen molar-refractivity contribution in [2.75, 3.05) is 14.1 Å². The van der Waals surface area contributed by atoms with E-state index in [4.69, 9.17) is 0 Å². The van der Waals surface area contributed by atoms with Crippen LogP contribution in [-0.2, 0) is 16.6 Å². The van der Waals surface area contributed by atoms with E-state index in [-0.39, 0.29) is 4.90 Å². The minimum absolute atomic E-state index is 0.138. The second-order valence-corrected chi connectivity index (χ2v) is 9.05. The average Bonchev–Trinajstić information content (AvgIpc) is 3.09. The zero-order chi connectivity index (χ0) is 19.4. The Labute approximate surface area is 162 Å². The number of rotatable bonds is 5. The molecule has 27 heavy (non-hydrogen) atoms. The van der Waals surface area contributed by atoms with E-state index in [1.165, 1.54) is 49.7 Å². The number of nitrogens with zero attached hydrogens (tertiary/aromatic N) is 3. The number of sulfonamides is 1. The van der Waals surface area contributed by atoms with Gasteiger partial charge in [0.1, 0.15) is 0 Å². The second kappa shape index (κ2) is 7.99. The summed E-state index contributed by atoms with van der Waals surface area (Å²) in [5.74, 6) is -0.409. The molecule has 0 aliphatic heterocycles. The van der Waals surface area contributed by atoms with Crippen molar-refractivity contribution in [3.63, 3.8) is 0 Å². The van der Waals surface area contributed by atoms with Crippen molar-refractivity contribution < 1.29 is 13.2 Å². The van der Waals surface area contributed by atoms with Crippen LogP contribution < -0.4 is 4.80 Å². The van der Waals surface area contributed by atoms with Gasteiger partial charge < -0.3 is 4.57 Å². The third-order valence-electron chi connectivity index (χ3n) is 3.93. The fourth-order valence-electron chi connectivity index (χ4n) is 2.42. The zero-order valence-corrected chi connectivity index (χ0v) is 16.6. The first-order valence-electron chi connectivity index (χ1n) is 8.17. The molecule has 0 atom stereocenters. The van der Waals surface area contributed by atoms with Crippen molar-refractivity contribution in [1.29, 1.82) is 0 Å². The number of carbonyl (C=O) groups is 1. The molecule has 3 rings (SSSR count). The van der Waals surface area contributed by atoms with Crippen LogP contribution in [0, 0.1) is 0 Å². The van der Waals surface area contributed by atoms with E-state index in [1.807, 2.05) is 46.5 Å². The quantitative estimate of drug-likeness (QED) is 0.660. The summed E-state index contributed by atoms with van der Waals surface area (Å²) in [7, 11) is -0.593. The van der Waals surface area contributed by atoms with Crippen LogP contribution >= 0.6 is 11.3 Å². The average molecular weight is 402 g/mol. The molecule has 0 aliphatic rings. The van der Waals surface area contributed by atoms with Gasteiger partial charge in [0.15, 0.2) is 4.80 Å². The molecule has 0 aliphatic carbocycles. The molecule has 0 fully saturated rings. The van der Waals surface area contributed by atoms with Gasteiger partial charge in [-0.15, -0.1) is 11.3 Å². The summed E-state index contributed by atoms with van der Waals surface area (Å²) in [6.45, 7) is 0.621. The Kier molecular flexibility index (Phi) is 5.69. The molecule has 6 nitrogen and oxygen atoms in total. The summed E-state index contributed by atoms with van der Waals surface area (Å²) in [6, 6.07) is 15.7. The van der Waals surface area contributed by atoms with Crippen LogP contribution in [0.4, 0.5) is 0 Å². The number of amides is 1. The monoisotopic (exact) mass is 401 g/mol. The van der Waals surface area contributed by atoms with Crippen molar-refractivity contribution in [3.05, 3.63) is 82.1 Å². The van der Waals surface area contributed by atoms with E-state index >= 15 is 0 Å². The van der Waals surface area contributed by atoms with Crippen LogP contribution in [0.25, 0.3) is 0 Å². The largest absolute Gasteiger partial charge is 0.319 e. The van der Waals surface area contributed by atoms with Crippen LogP contribution in [0.3, 0.4) is 0 Å². The smallest absolute Gasteiger partial charge is 0.279 e. The first-order chi connectivity index (χ1) is 12.9. The standard InChI is InChI=1S/C19H19N3O3S2/c1-21(2)27(24,25)17-10-8-16(9-11-17)18(23)20-19-22(12-13-26-19)14-15-6-4-3-5-7-15/h3-13H,14H2,1-2H3. The highest BCUT2D eigenvalue weighted by Gasteiger charge is 2.17. The van der Waals surface area contributed by atoms with Crippen LogP contribution in [0.1, 0.15) is 15.9 Å². The lowest BCUT2D eigenvalue weighted by Crippen LogP contribution is -2.22. The van der Waals surface area contributed by atoms with Crippen molar-refractivity contribution in [2.45, 2.75) is 11.4 Å².